The molecule has 1 aliphatic carbocycles. The van der Waals surface area contributed by atoms with Gasteiger partial charge in [-0.05, 0) is 42.7 Å². The molecule has 0 aliphatic heterocycles. The summed E-state index contributed by atoms with van der Waals surface area (Å²) in [5.41, 5.74) is 9.13. The number of hydrogen-bond acceptors (Lipinski definition) is 2. The zero-order valence-corrected chi connectivity index (χ0v) is 9.67. The quantitative estimate of drug-likeness (QED) is 0.864. The van der Waals surface area contributed by atoms with E-state index in [1.54, 1.807) is 0 Å². The van der Waals surface area contributed by atoms with Gasteiger partial charge in [-0.25, -0.2) is 0 Å². The van der Waals surface area contributed by atoms with E-state index in [-0.39, 0.29) is 0 Å². The van der Waals surface area contributed by atoms with Crippen molar-refractivity contribution in [3.05, 3.63) is 40.5 Å². The summed E-state index contributed by atoms with van der Waals surface area (Å²) in [6.07, 6.45) is 2.52. The monoisotopic (exact) mass is 232 g/mol. The first kappa shape index (κ1) is 10.1. The molecule has 0 radical (unpaired) electrons. The molecule has 0 spiro atoms. The van der Waals surface area contributed by atoms with E-state index in [0.29, 0.717) is 12.5 Å². The number of nitrogens with two attached hydrogens (primary N) is 1. The average Bonchev–Trinajstić information content (AvgIpc) is 3.11. The lowest BCUT2D eigenvalue weighted by Crippen LogP contribution is -2.00. The molecule has 3 rings (SSSR count). The zero-order chi connectivity index (χ0) is 11.1. The van der Waals surface area contributed by atoms with Crippen molar-refractivity contribution in [2.75, 3.05) is 0 Å². The van der Waals surface area contributed by atoms with Crippen LogP contribution in [0.4, 0.5) is 0 Å². The molecule has 0 amide bonds. The van der Waals surface area contributed by atoms with Gasteiger partial charge in [0, 0.05) is 28.6 Å². The van der Waals surface area contributed by atoms with E-state index in [2.05, 4.69) is 11.1 Å². The van der Waals surface area contributed by atoms with Crippen LogP contribution in [0.3, 0.4) is 0 Å². The Kier molecular flexibility index (Phi) is 2.34. The zero-order valence-electron chi connectivity index (χ0n) is 8.91. The second-order valence-corrected chi connectivity index (χ2v) is 4.78. The molecule has 16 heavy (non-hydrogen) atoms. The number of pyridine rings is 1. The van der Waals surface area contributed by atoms with Gasteiger partial charge in [0.2, 0.25) is 0 Å². The molecular formula is C13H13ClN2. The van der Waals surface area contributed by atoms with Crippen molar-refractivity contribution in [1.29, 1.82) is 0 Å². The minimum atomic E-state index is 0.541. The van der Waals surface area contributed by atoms with E-state index in [4.69, 9.17) is 17.3 Å². The van der Waals surface area contributed by atoms with E-state index in [1.807, 2.05) is 18.2 Å². The maximum absolute atomic E-state index is 5.99. The molecule has 0 unspecified atom stereocenters. The Labute approximate surface area is 99.4 Å². The van der Waals surface area contributed by atoms with Gasteiger partial charge >= 0.3 is 0 Å². The number of aromatic nitrogens is 1. The Hall–Kier alpha value is -1.12. The number of hydrogen-bond donors (Lipinski definition) is 1. The summed E-state index contributed by atoms with van der Waals surface area (Å²) in [5.74, 6) is 0.658. The lowest BCUT2D eigenvalue weighted by molar-refractivity contribution is 1.01. The summed E-state index contributed by atoms with van der Waals surface area (Å²) in [6.45, 7) is 0.541. The van der Waals surface area contributed by atoms with Crippen LogP contribution in [0.5, 0.6) is 0 Å². The molecule has 0 bridgehead atoms. The smallest absolute Gasteiger partial charge is 0.0709 e. The second kappa shape index (κ2) is 3.72. The first-order valence-electron chi connectivity index (χ1n) is 5.57. The Bertz CT molecular complexity index is 547. The minimum Gasteiger partial charge on any atom is -0.326 e. The van der Waals surface area contributed by atoms with Crippen LogP contribution in [0.1, 0.15) is 30.0 Å². The van der Waals surface area contributed by atoms with Gasteiger partial charge in [0.1, 0.15) is 0 Å². The first-order valence-corrected chi connectivity index (χ1v) is 5.95. The molecule has 3 heteroatoms. The van der Waals surface area contributed by atoms with Crippen molar-refractivity contribution in [2.24, 2.45) is 5.73 Å². The maximum atomic E-state index is 5.99. The molecule has 1 fully saturated rings. The minimum absolute atomic E-state index is 0.541. The molecule has 0 saturated heterocycles. The van der Waals surface area contributed by atoms with Crippen molar-refractivity contribution >= 4 is 22.5 Å². The molecule has 1 saturated carbocycles. The van der Waals surface area contributed by atoms with E-state index >= 15 is 0 Å². The lowest BCUT2D eigenvalue weighted by atomic mass is 10.1. The standard InChI is InChI=1S/C13H13ClN2/c14-10-3-4-12-11(6-10)9(7-15)5-13(16-12)8-1-2-8/h3-6,8H,1-2,7,15H2. The van der Waals surface area contributed by atoms with Gasteiger partial charge in [-0.1, -0.05) is 11.6 Å². The Balaban J connectivity index is 2.25. The van der Waals surface area contributed by atoms with Crippen LogP contribution in [0.2, 0.25) is 5.02 Å². The van der Waals surface area contributed by atoms with Crippen molar-refractivity contribution < 1.29 is 0 Å². The number of halogens is 1. The number of benzene rings is 1. The molecule has 1 aromatic heterocycles. The predicted octanol–water partition coefficient (Wildman–Crippen LogP) is 3.22. The summed E-state index contributed by atoms with van der Waals surface area (Å²) in [4.78, 5) is 4.67. The maximum Gasteiger partial charge on any atom is 0.0709 e. The average molecular weight is 233 g/mol. The van der Waals surface area contributed by atoms with Crippen LogP contribution in [0.15, 0.2) is 24.3 Å². The van der Waals surface area contributed by atoms with E-state index in [9.17, 15) is 0 Å². The molecule has 1 aromatic carbocycles. The van der Waals surface area contributed by atoms with Gasteiger partial charge < -0.3 is 5.73 Å². The normalized spacial score (nSPS) is 15.6. The van der Waals surface area contributed by atoms with Crippen molar-refractivity contribution in [1.82, 2.24) is 4.98 Å². The van der Waals surface area contributed by atoms with Crippen LogP contribution in [0, 0.1) is 0 Å². The third-order valence-electron chi connectivity index (χ3n) is 3.09. The first-order chi connectivity index (χ1) is 7.78. The summed E-state index contributed by atoms with van der Waals surface area (Å²) < 4.78 is 0. The fraction of sp³-hybridized carbons (Fsp3) is 0.308. The van der Waals surface area contributed by atoms with E-state index in [1.165, 1.54) is 18.5 Å². The molecule has 82 valence electrons. The van der Waals surface area contributed by atoms with Gasteiger partial charge in [0.15, 0.2) is 0 Å². The molecule has 1 heterocycles. The van der Waals surface area contributed by atoms with Gasteiger partial charge in [-0.2, -0.15) is 0 Å². The van der Waals surface area contributed by atoms with Crippen LogP contribution < -0.4 is 5.73 Å². The highest BCUT2D eigenvalue weighted by Gasteiger charge is 2.25. The van der Waals surface area contributed by atoms with Crippen LogP contribution in [-0.2, 0) is 6.54 Å². The molecule has 2 N–H and O–H groups in total. The molecule has 0 atom stereocenters. The van der Waals surface area contributed by atoms with Crippen LogP contribution in [-0.4, -0.2) is 4.98 Å². The van der Waals surface area contributed by atoms with Gasteiger partial charge in [0.25, 0.3) is 0 Å². The fourth-order valence-corrected chi connectivity index (χ4v) is 2.22. The summed E-state index contributed by atoms with van der Waals surface area (Å²) in [7, 11) is 0. The fourth-order valence-electron chi connectivity index (χ4n) is 2.05. The SMILES string of the molecule is NCc1cc(C2CC2)nc2ccc(Cl)cc12. The summed E-state index contributed by atoms with van der Waals surface area (Å²) in [6, 6.07) is 7.94. The molecular weight excluding hydrogens is 220 g/mol. The van der Waals surface area contributed by atoms with E-state index in [0.717, 1.165) is 21.5 Å². The van der Waals surface area contributed by atoms with Crippen LogP contribution >= 0.6 is 11.6 Å². The van der Waals surface area contributed by atoms with Crippen molar-refractivity contribution in [3.63, 3.8) is 0 Å². The molecule has 2 aromatic rings. The highest BCUT2D eigenvalue weighted by molar-refractivity contribution is 6.31. The summed E-state index contributed by atoms with van der Waals surface area (Å²) in [5, 5.41) is 1.82. The predicted molar refractivity (Wildman–Crippen MR) is 66.6 cm³/mol. The third kappa shape index (κ3) is 1.68. The highest BCUT2D eigenvalue weighted by atomic mass is 35.5. The number of rotatable bonds is 2. The second-order valence-electron chi connectivity index (χ2n) is 4.35. The Morgan fingerprint density at radius 1 is 1.31 bits per heavy atom. The molecule has 2 nitrogen and oxygen atoms in total. The molecule has 1 aliphatic rings. The van der Waals surface area contributed by atoms with Crippen molar-refractivity contribution in [2.45, 2.75) is 25.3 Å². The van der Waals surface area contributed by atoms with Crippen LogP contribution in [0.25, 0.3) is 10.9 Å². The topological polar surface area (TPSA) is 38.9 Å². The van der Waals surface area contributed by atoms with E-state index < -0.39 is 0 Å². The Morgan fingerprint density at radius 2 is 2.12 bits per heavy atom. The third-order valence-corrected chi connectivity index (χ3v) is 3.33. The van der Waals surface area contributed by atoms with Crippen molar-refractivity contribution in [3.8, 4) is 0 Å². The van der Waals surface area contributed by atoms with Gasteiger partial charge in [0.05, 0.1) is 5.52 Å². The largest absolute Gasteiger partial charge is 0.326 e. The lowest BCUT2D eigenvalue weighted by Gasteiger charge is -2.07. The Morgan fingerprint density at radius 3 is 2.81 bits per heavy atom. The van der Waals surface area contributed by atoms with Gasteiger partial charge in [-0.15, -0.1) is 0 Å². The number of nitrogens with zero attached hydrogens (tertiary/aromatic N) is 1. The highest BCUT2D eigenvalue weighted by Crippen LogP contribution is 2.40. The number of fused-ring (bicyclic) bond motifs is 1. The van der Waals surface area contributed by atoms with Gasteiger partial charge in [-0.3, -0.25) is 4.98 Å². The summed E-state index contributed by atoms with van der Waals surface area (Å²) >= 11 is 5.99.